The molecule has 0 spiro atoms. The van der Waals surface area contributed by atoms with Crippen LogP contribution < -0.4 is 5.73 Å². The molecule has 1 aromatic heterocycles. The first kappa shape index (κ1) is 10.5. The maximum atomic E-state index is 6.03. The number of halogens is 2. The molecular formula is C10H9Cl2N3. The summed E-state index contributed by atoms with van der Waals surface area (Å²) in [5.41, 5.74) is 7.04. The Hall–Kier alpha value is -1.03. The van der Waals surface area contributed by atoms with Crippen molar-refractivity contribution in [3.8, 4) is 5.69 Å². The van der Waals surface area contributed by atoms with Crippen LogP contribution in [0.3, 0.4) is 0 Å². The molecule has 2 N–H and O–H groups in total. The van der Waals surface area contributed by atoms with Gasteiger partial charge in [0.2, 0.25) is 0 Å². The van der Waals surface area contributed by atoms with Crippen molar-refractivity contribution in [3.63, 3.8) is 0 Å². The summed E-state index contributed by atoms with van der Waals surface area (Å²) in [7, 11) is 0. The Labute approximate surface area is 97.4 Å². The molecule has 0 unspecified atom stereocenters. The van der Waals surface area contributed by atoms with Gasteiger partial charge in [0, 0.05) is 17.8 Å². The predicted octanol–water partition coefficient (Wildman–Crippen LogP) is 2.64. The van der Waals surface area contributed by atoms with Crippen molar-refractivity contribution in [1.29, 1.82) is 0 Å². The topological polar surface area (TPSA) is 43.8 Å². The summed E-state index contributed by atoms with van der Waals surface area (Å²) >= 11 is 11.9. The number of nitrogens with zero attached hydrogens (tertiary/aromatic N) is 2. The van der Waals surface area contributed by atoms with Gasteiger partial charge in [-0.25, -0.2) is 4.68 Å². The van der Waals surface area contributed by atoms with Crippen LogP contribution >= 0.6 is 23.2 Å². The third-order valence-corrected chi connectivity index (χ3v) is 2.56. The van der Waals surface area contributed by atoms with Gasteiger partial charge in [-0.15, -0.1) is 0 Å². The van der Waals surface area contributed by atoms with Crippen molar-refractivity contribution >= 4 is 23.2 Å². The molecule has 2 rings (SSSR count). The molecule has 0 fully saturated rings. The SMILES string of the molecule is NCc1ccn(-c2cc(Cl)ccc2Cl)n1. The van der Waals surface area contributed by atoms with Gasteiger partial charge in [-0.05, 0) is 24.3 Å². The molecule has 1 heterocycles. The van der Waals surface area contributed by atoms with Crippen LogP contribution in [0.2, 0.25) is 10.0 Å². The van der Waals surface area contributed by atoms with E-state index in [9.17, 15) is 0 Å². The van der Waals surface area contributed by atoms with Gasteiger partial charge < -0.3 is 5.73 Å². The highest BCUT2D eigenvalue weighted by Crippen LogP contribution is 2.23. The molecule has 0 atom stereocenters. The molecule has 15 heavy (non-hydrogen) atoms. The van der Waals surface area contributed by atoms with Gasteiger partial charge in [0.15, 0.2) is 0 Å². The van der Waals surface area contributed by atoms with Crippen LogP contribution in [0.15, 0.2) is 30.5 Å². The fourth-order valence-electron chi connectivity index (χ4n) is 1.27. The standard InChI is InChI=1S/C10H9Cl2N3/c11-7-1-2-9(12)10(5-7)15-4-3-8(6-13)14-15/h1-5H,6,13H2. The number of hydrogen-bond donors (Lipinski definition) is 1. The van der Waals surface area contributed by atoms with E-state index in [0.717, 1.165) is 11.4 Å². The molecule has 0 aliphatic carbocycles. The first-order chi connectivity index (χ1) is 7.20. The third kappa shape index (κ3) is 2.15. The molecule has 78 valence electrons. The fraction of sp³-hybridized carbons (Fsp3) is 0.100. The largest absolute Gasteiger partial charge is 0.325 e. The minimum Gasteiger partial charge on any atom is -0.325 e. The zero-order valence-corrected chi connectivity index (χ0v) is 9.33. The van der Waals surface area contributed by atoms with E-state index in [1.165, 1.54) is 0 Å². The van der Waals surface area contributed by atoms with Crippen LogP contribution in [0.5, 0.6) is 0 Å². The number of nitrogens with two attached hydrogens (primary N) is 1. The number of hydrogen-bond acceptors (Lipinski definition) is 2. The number of benzene rings is 1. The van der Waals surface area contributed by atoms with Gasteiger partial charge in [0.25, 0.3) is 0 Å². The first-order valence-corrected chi connectivity index (χ1v) is 5.16. The van der Waals surface area contributed by atoms with E-state index in [4.69, 9.17) is 28.9 Å². The quantitative estimate of drug-likeness (QED) is 0.879. The second kappa shape index (κ2) is 4.23. The summed E-state index contributed by atoms with van der Waals surface area (Å²) in [6, 6.07) is 7.08. The monoisotopic (exact) mass is 241 g/mol. The summed E-state index contributed by atoms with van der Waals surface area (Å²) < 4.78 is 1.66. The third-order valence-electron chi connectivity index (χ3n) is 2.01. The van der Waals surface area contributed by atoms with Crippen LogP contribution in [0.1, 0.15) is 5.69 Å². The van der Waals surface area contributed by atoms with E-state index in [1.54, 1.807) is 29.1 Å². The van der Waals surface area contributed by atoms with Gasteiger partial charge >= 0.3 is 0 Å². The number of aromatic nitrogens is 2. The summed E-state index contributed by atoms with van der Waals surface area (Å²) in [6.45, 7) is 0.408. The van der Waals surface area contributed by atoms with E-state index in [2.05, 4.69) is 5.10 Å². The Balaban J connectivity index is 2.48. The lowest BCUT2D eigenvalue weighted by Crippen LogP contribution is -2.00. The minimum absolute atomic E-state index is 0.408. The molecule has 0 radical (unpaired) electrons. The maximum Gasteiger partial charge on any atom is 0.0846 e. The van der Waals surface area contributed by atoms with Crippen molar-refractivity contribution in [2.75, 3.05) is 0 Å². The van der Waals surface area contributed by atoms with Crippen molar-refractivity contribution in [2.24, 2.45) is 5.73 Å². The Morgan fingerprint density at radius 3 is 2.73 bits per heavy atom. The number of rotatable bonds is 2. The van der Waals surface area contributed by atoms with Crippen LogP contribution in [0.4, 0.5) is 0 Å². The Kier molecular flexibility index (Phi) is 2.95. The average Bonchev–Trinajstić information content (AvgIpc) is 2.70. The average molecular weight is 242 g/mol. The zero-order chi connectivity index (χ0) is 10.8. The molecule has 0 saturated heterocycles. The molecular weight excluding hydrogens is 233 g/mol. The van der Waals surface area contributed by atoms with Crippen molar-refractivity contribution in [2.45, 2.75) is 6.54 Å². The van der Waals surface area contributed by atoms with E-state index >= 15 is 0 Å². The fourth-order valence-corrected chi connectivity index (χ4v) is 1.64. The lowest BCUT2D eigenvalue weighted by molar-refractivity contribution is 0.834. The molecule has 1 aromatic carbocycles. The lowest BCUT2D eigenvalue weighted by Gasteiger charge is -2.04. The van der Waals surface area contributed by atoms with Crippen molar-refractivity contribution < 1.29 is 0 Å². The molecule has 0 aliphatic rings. The molecule has 0 bridgehead atoms. The molecule has 0 amide bonds. The van der Waals surface area contributed by atoms with Gasteiger partial charge in [-0.2, -0.15) is 5.10 Å². The molecule has 2 aromatic rings. The van der Waals surface area contributed by atoms with E-state index in [0.29, 0.717) is 16.6 Å². The Bertz CT molecular complexity index is 479. The van der Waals surface area contributed by atoms with Crippen molar-refractivity contribution in [3.05, 3.63) is 46.2 Å². The molecule has 5 heteroatoms. The summed E-state index contributed by atoms with van der Waals surface area (Å²) in [5.74, 6) is 0. The second-order valence-corrected chi connectivity index (χ2v) is 3.90. The van der Waals surface area contributed by atoms with Gasteiger partial charge in [-0.3, -0.25) is 0 Å². The smallest absolute Gasteiger partial charge is 0.0846 e. The molecule has 3 nitrogen and oxygen atoms in total. The maximum absolute atomic E-state index is 6.03. The second-order valence-electron chi connectivity index (χ2n) is 3.05. The van der Waals surface area contributed by atoms with Gasteiger partial charge in [0.1, 0.15) is 0 Å². The van der Waals surface area contributed by atoms with Crippen molar-refractivity contribution in [1.82, 2.24) is 9.78 Å². The van der Waals surface area contributed by atoms with Gasteiger partial charge in [0.05, 0.1) is 16.4 Å². The summed E-state index contributed by atoms with van der Waals surface area (Å²) in [5, 5.41) is 5.48. The lowest BCUT2D eigenvalue weighted by atomic mass is 10.3. The van der Waals surface area contributed by atoms with Crippen LogP contribution in [0.25, 0.3) is 5.69 Å². The zero-order valence-electron chi connectivity index (χ0n) is 7.82. The summed E-state index contributed by atoms with van der Waals surface area (Å²) in [6.07, 6.45) is 1.81. The normalized spacial score (nSPS) is 10.6. The van der Waals surface area contributed by atoms with E-state index < -0.39 is 0 Å². The van der Waals surface area contributed by atoms with E-state index in [-0.39, 0.29) is 0 Å². The predicted molar refractivity (Wildman–Crippen MR) is 61.5 cm³/mol. The Morgan fingerprint density at radius 1 is 1.27 bits per heavy atom. The van der Waals surface area contributed by atoms with Crippen LogP contribution in [0, 0.1) is 0 Å². The molecule has 0 saturated carbocycles. The van der Waals surface area contributed by atoms with E-state index in [1.807, 2.05) is 6.07 Å². The molecule has 0 aliphatic heterocycles. The first-order valence-electron chi connectivity index (χ1n) is 4.41. The highest BCUT2D eigenvalue weighted by atomic mass is 35.5. The minimum atomic E-state index is 0.408. The summed E-state index contributed by atoms with van der Waals surface area (Å²) in [4.78, 5) is 0. The highest BCUT2D eigenvalue weighted by Gasteiger charge is 2.05. The van der Waals surface area contributed by atoms with Crippen LogP contribution in [-0.4, -0.2) is 9.78 Å². The van der Waals surface area contributed by atoms with Crippen LogP contribution in [-0.2, 0) is 6.54 Å². The highest BCUT2D eigenvalue weighted by molar-refractivity contribution is 6.34. The Morgan fingerprint density at radius 2 is 2.07 bits per heavy atom. The van der Waals surface area contributed by atoms with Gasteiger partial charge in [-0.1, -0.05) is 23.2 Å².